The minimum absolute atomic E-state index is 0.0560. The van der Waals surface area contributed by atoms with Crippen LogP contribution in [0.1, 0.15) is 17.5 Å². The molecule has 0 aliphatic carbocycles. The van der Waals surface area contributed by atoms with Gasteiger partial charge in [-0.2, -0.15) is 0 Å². The number of likely N-dealkylation sites (N-methyl/N-ethyl adjacent to an activating group) is 1. The van der Waals surface area contributed by atoms with E-state index in [2.05, 4.69) is 10.6 Å². The predicted molar refractivity (Wildman–Crippen MR) is 77.4 cm³/mol. The zero-order chi connectivity index (χ0) is 15.4. The highest BCUT2D eigenvalue weighted by Gasteiger charge is 2.29. The molecule has 1 aliphatic heterocycles. The number of urea groups is 1. The van der Waals surface area contributed by atoms with E-state index in [0.717, 1.165) is 11.1 Å². The van der Waals surface area contributed by atoms with Gasteiger partial charge in [-0.15, -0.1) is 0 Å². The number of aryl methyl sites for hydroxylation is 1. The Hall–Kier alpha value is -2.11. The first-order valence-electron chi connectivity index (χ1n) is 7.02. The minimum atomic E-state index is -0.428. The van der Waals surface area contributed by atoms with E-state index in [0.29, 0.717) is 25.9 Å². The Bertz CT molecular complexity index is 548. The Labute approximate surface area is 123 Å². The molecule has 1 aromatic rings. The summed E-state index contributed by atoms with van der Waals surface area (Å²) >= 11 is 0. The summed E-state index contributed by atoms with van der Waals surface area (Å²) in [6.07, 6.45) is 1.26. The van der Waals surface area contributed by atoms with Crippen molar-refractivity contribution < 1.29 is 14.0 Å². The van der Waals surface area contributed by atoms with Crippen molar-refractivity contribution in [3.05, 3.63) is 35.1 Å². The molecule has 1 fully saturated rings. The van der Waals surface area contributed by atoms with Gasteiger partial charge in [-0.25, -0.2) is 9.18 Å². The second-order valence-electron chi connectivity index (χ2n) is 5.32. The van der Waals surface area contributed by atoms with Crippen molar-refractivity contribution in [3.8, 4) is 0 Å². The molecular weight excluding hydrogens is 273 g/mol. The molecule has 1 atom stereocenters. The van der Waals surface area contributed by atoms with Gasteiger partial charge in [0, 0.05) is 20.1 Å². The first-order chi connectivity index (χ1) is 9.97. The largest absolute Gasteiger partial charge is 0.344 e. The van der Waals surface area contributed by atoms with Gasteiger partial charge in [-0.3, -0.25) is 4.79 Å². The van der Waals surface area contributed by atoms with Crippen LogP contribution in [0, 0.1) is 12.7 Å². The molecule has 6 heteroatoms. The van der Waals surface area contributed by atoms with Crippen LogP contribution in [-0.4, -0.2) is 43.0 Å². The zero-order valence-corrected chi connectivity index (χ0v) is 12.3. The van der Waals surface area contributed by atoms with E-state index in [1.807, 2.05) is 6.92 Å². The molecule has 0 unspecified atom stereocenters. The SMILES string of the molecule is Cc1cc(F)ccc1CCNC(=O)N[C@@H]1CCN(C)C1=O. The average molecular weight is 293 g/mol. The second-order valence-corrected chi connectivity index (χ2v) is 5.32. The van der Waals surface area contributed by atoms with Crippen LogP contribution in [0.4, 0.5) is 9.18 Å². The summed E-state index contributed by atoms with van der Waals surface area (Å²) in [7, 11) is 1.72. The summed E-state index contributed by atoms with van der Waals surface area (Å²) in [5, 5.41) is 5.39. The second kappa shape index (κ2) is 6.56. The van der Waals surface area contributed by atoms with Gasteiger partial charge in [0.05, 0.1) is 0 Å². The van der Waals surface area contributed by atoms with E-state index in [9.17, 15) is 14.0 Å². The fourth-order valence-electron chi connectivity index (χ4n) is 2.42. The normalized spacial score (nSPS) is 18.0. The Balaban J connectivity index is 1.76. The Morgan fingerprint density at radius 3 is 2.86 bits per heavy atom. The van der Waals surface area contributed by atoms with Crippen LogP contribution >= 0.6 is 0 Å². The number of hydrogen-bond donors (Lipinski definition) is 2. The summed E-state index contributed by atoms with van der Waals surface area (Å²) in [6, 6.07) is 3.84. The summed E-state index contributed by atoms with van der Waals surface area (Å²) in [5.74, 6) is -0.314. The molecule has 1 aromatic carbocycles. The molecule has 1 heterocycles. The van der Waals surface area contributed by atoms with Gasteiger partial charge in [-0.05, 0) is 43.0 Å². The zero-order valence-electron chi connectivity index (χ0n) is 12.3. The van der Waals surface area contributed by atoms with Crippen LogP contribution in [0.3, 0.4) is 0 Å². The Morgan fingerprint density at radius 2 is 2.24 bits per heavy atom. The Kier molecular flexibility index (Phi) is 4.77. The maximum atomic E-state index is 13.0. The van der Waals surface area contributed by atoms with Crippen LogP contribution in [0.25, 0.3) is 0 Å². The topological polar surface area (TPSA) is 61.4 Å². The molecule has 0 saturated carbocycles. The fraction of sp³-hybridized carbons (Fsp3) is 0.467. The standard InChI is InChI=1S/C15H20FN3O2/c1-10-9-12(16)4-3-11(10)5-7-17-15(21)18-13-6-8-19(2)14(13)20/h3-4,9,13H,5-8H2,1-2H3,(H2,17,18,21)/t13-/m1/s1. The number of halogens is 1. The van der Waals surface area contributed by atoms with Crippen LogP contribution < -0.4 is 10.6 Å². The maximum absolute atomic E-state index is 13.0. The molecule has 3 amide bonds. The monoisotopic (exact) mass is 293 g/mol. The minimum Gasteiger partial charge on any atom is -0.344 e. The number of rotatable bonds is 4. The number of likely N-dealkylation sites (tertiary alicyclic amines) is 1. The molecule has 2 rings (SSSR count). The molecule has 0 radical (unpaired) electrons. The highest BCUT2D eigenvalue weighted by molar-refractivity contribution is 5.88. The smallest absolute Gasteiger partial charge is 0.315 e. The average Bonchev–Trinajstić information content (AvgIpc) is 2.73. The molecule has 1 aliphatic rings. The van der Waals surface area contributed by atoms with E-state index in [1.54, 1.807) is 18.0 Å². The highest BCUT2D eigenvalue weighted by atomic mass is 19.1. The third-order valence-electron chi connectivity index (χ3n) is 3.72. The summed E-state index contributed by atoms with van der Waals surface area (Å²) in [6.45, 7) is 2.94. The van der Waals surface area contributed by atoms with Crippen molar-refractivity contribution in [1.29, 1.82) is 0 Å². The van der Waals surface area contributed by atoms with Gasteiger partial charge < -0.3 is 15.5 Å². The van der Waals surface area contributed by atoms with E-state index >= 15 is 0 Å². The van der Waals surface area contributed by atoms with Crippen molar-refractivity contribution in [2.45, 2.75) is 25.8 Å². The molecule has 0 bridgehead atoms. The number of benzene rings is 1. The van der Waals surface area contributed by atoms with Gasteiger partial charge in [0.1, 0.15) is 11.9 Å². The number of nitrogens with zero attached hydrogens (tertiary/aromatic N) is 1. The van der Waals surface area contributed by atoms with Crippen LogP contribution in [0.2, 0.25) is 0 Å². The first kappa shape index (κ1) is 15.3. The number of amides is 3. The molecule has 0 spiro atoms. The lowest BCUT2D eigenvalue weighted by atomic mass is 10.1. The lowest BCUT2D eigenvalue weighted by Gasteiger charge is -2.13. The van der Waals surface area contributed by atoms with Gasteiger partial charge in [-0.1, -0.05) is 6.07 Å². The third kappa shape index (κ3) is 3.93. The van der Waals surface area contributed by atoms with Gasteiger partial charge in [0.25, 0.3) is 0 Å². The van der Waals surface area contributed by atoms with Crippen molar-refractivity contribution in [2.24, 2.45) is 0 Å². The first-order valence-corrected chi connectivity index (χ1v) is 7.02. The van der Waals surface area contributed by atoms with Gasteiger partial charge >= 0.3 is 6.03 Å². The molecule has 114 valence electrons. The number of carbonyl (C=O) groups is 2. The van der Waals surface area contributed by atoms with Crippen molar-refractivity contribution in [1.82, 2.24) is 15.5 Å². The summed E-state index contributed by atoms with van der Waals surface area (Å²) in [5.41, 5.74) is 1.86. The molecule has 2 N–H and O–H groups in total. The van der Waals surface area contributed by atoms with E-state index in [4.69, 9.17) is 0 Å². The van der Waals surface area contributed by atoms with Crippen molar-refractivity contribution in [2.75, 3.05) is 20.1 Å². The van der Waals surface area contributed by atoms with Crippen LogP contribution in [0.15, 0.2) is 18.2 Å². The Morgan fingerprint density at radius 1 is 1.48 bits per heavy atom. The molecule has 21 heavy (non-hydrogen) atoms. The summed E-state index contributed by atoms with van der Waals surface area (Å²) < 4.78 is 13.0. The summed E-state index contributed by atoms with van der Waals surface area (Å²) in [4.78, 5) is 25.0. The third-order valence-corrected chi connectivity index (χ3v) is 3.72. The molecular formula is C15H20FN3O2. The van der Waals surface area contributed by atoms with Crippen molar-refractivity contribution in [3.63, 3.8) is 0 Å². The van der Waals surface area contributed by atoms with Crippen LogP contribution in [0.5, 0.6) is 0 Å². The van der Waals surface area contributed by atoms with E-state index in [-0.39, 0.29) is 17.8 Å². The lowest BCUT2D eigenvalue weighted by molar-refractivity contribution is -0.128. The highest BCUT2D eigenvalue weighted by Crippen LogP contribution is 2.10. The quantitative estimate of drug-likeness (QED) is 0.876. The number of hydrogen-bond acceptors (Lipinski definition) is 2. The molecule has 0 aromatic heterocycles. The fourth-order valence-corrected chi connectivity index (χ4v) is 2.42. The van der Waals surface area contributed by atoms with Crippen LogP contribution in [-0.2, 0) is 11.2 Å². The number of nitrogens with one attached hydrogen (secondary N) is 2. The van der Waals surface area contributed by atoms with E-state index in [1.165, 1.54) is 12.1 Å². The molecule has 5 nitrogen and oxygen atoms in total. The van der Waals surface area contributed by atoms with Gasteiger partial charge in [0.15, 0.2) is 0 Å². The predicted octanol–water partition coefficient (Wildman–Crippen LogP) is 1.21. The van der Waals surface area contributed by atoms with Gasteiger partial charge in [0.2, 0.25) is 5.91 Å². The number of carbonyl (C=O) groups excluding carboxylic acids is 2. The molecule has 1 saturated heterocycles. The lowest BCUT2D eigenvalue weighted by Crippen LogP contribution is -2.46. The maximum Gasteiger partial charge on any atom is 0.315 e. The van der Waals surface area contributed by atoms with Crippen molar-refractivity contribution >= 4 is 11.9 Å². The van der Waals surface area contributed by atoms with E-state index < -0.39 is 6.04 Å².